The molecule has 0 radical (unpaired) electrons. The van der Waals surface area contributed by atoms with Gasteiger partial charge in [-0.1, -0.05) is 56.6 Å². The standard InChI is InChI=1S/C21H24ClNO2/c1-21(2,3)17-7-4-16(5-8-17)6-13-20(24)23-14-15-25-19-11-9-18(22)10-12-19/h4-13H,14-15H2,1-3H3,(H,23,24)/b13-6+. The van der Waals surface area contributed by atoms with Gasteiger partial charge in [-0.25, -0.2) is 0 Å². The van der Waals surface area contributed by atoms with E-state index in [4.69, 9.17) is 16.3 Å². The van der Waals surface area contributed by atoms with Crippen LogP contribution in [-0.2, 0) is 10.2 Å². The zero-order valence-corrected chi connectivity index (χ0v) is 15.6. The summed E-state index contributed by atoms with van der Waals surface area (Å²) in [5.74, 6) is 0.590. The molecule has 0 saturated heterocycles. The Kier molecular flexibility index (Phi) is 6.65. The molecule has 0 aromatic heterocycles. The van der Waals surface area contributed by atoms with Crippen LogP contribution in [0.2, 0.25) is 5.02 Å². The minimum Gasteiger partial charge on any atom is -0.492 e. The number of halogens is 1. The van der Waals surface area contributed by atoms with Crippen LogP contribution < -0.4 is 10.1 Å². The zero-order chi connectivity index (χ0) is 18.3. The molecule has 0 aliphatic carbocycles. The highest BCUT2D eigenvalue weighted by Gasteiger charge is 2.12. The van der Waals surface area contributed by atoms with Crippen molar-refractivity contribution < 1.29 is 9.53 Å². The van der Waals surface area contributed by atoms with Gasteiger partial charge >= 0.3 is 0 Å². The molecule has 0 unspecified atom stereocenters. The summed E-state index contributed by atoms with van der Waals surface area (Å²) in [6, 6.07) is 15.4. The summed E-state index contributed by atoms with van der Waals surface area (Å²) >= 11 is 5.81. The average molecular weight is 358 g/mol. The molecule has 4 heteroatoms. The number of rotatable bonds is 6. The van der Waals surface area contributed by atoms with Crippen LogP contribution in [0.25, 0.3) is 6.08 Å². The van der Waals surface area contributed by atoms with E-state index in [0.29, 0.717) is 18.2 Å². The normalized spacial score (nSPS) is 11.5. The second-order valence-electron chi connectivity index (χ2n) is 6.80. The third-order valence-electron chi connectivity index (χ3n) is 3.69. The second-order valence-corrected chi connectivity index (χ2v) is 7.24. The minimum atomic E-state index is -0.139. The maximum absolute atomic E-state index is 11.8. The van der Waals surface area contributed by atoms with E-state index in [2.05, 4.69) is 38.2 Å². The molecule has 0 atom stereocenters. The molecule has 2 aromatic rings. The molecule has 0 aliphatic heterocycles. The largest absolute Gasteiger partial charge is 0.492 e. The van der Waals surface area contributed by atoms with Crippen LogP contribution in [0.4, 0.5) is 0 Å². The maximum atomic E-state index is 11.8. The summed E-state index contributed by atoms with van der Waals surface area (Å²) < 4.78 is 5.52. The Bertz CT molecular complexity index is 713. The van der Waals surface area contributed by atoms with Crippen LogP contribution in [0, 0.1) is 0 Å². The topological polar surface area (TPSA) is 38.3 Å². The summed E-state index contributed by atoms with van der Waals surface area (Å²) in [5, 5.41) is 3.46. The van der Waals surface area contributed by atoms with Gasteiger partial charge in [-0.15, -0.1) is 0 Å². The summed E-state index contributed by atoms with van der Waals surface area (Å²) in [6.07, 6.45) is 3.34. The van der Waals surface area contributed by atoms with Crippen LogP contribution in [0.3, 0.4) is 0 Å². The smallest absolute Gasteiger partial charge is 0.244 e. The van der Waals surface area contributed by atoms with Gasteiger partial charge < -0.3 is 10.1 Å². The van der Waals surface area contributed by atoms with Crippen LogP contribution in [0.15, 0.2) is 54.6 Å². The highest BCUT2D eigenvalue weighted by molar-refractivity contribution is 6.30. The number of nitrogens with one attached hydrogen (secondary N) is 1. The van der Waals surface area contributed by atoms with E-state index < -0.39 is 0 Å². The molecular weight excluding hydrogens is 334 g/mol. The molecule has 2 rings (SSSR count). The molecule has 0 spiro atoms. The number of ether oxygens (including phenoxy) is 1. The Labute approximate surface area is 154 Å². The monoisotopic (exact) mass is 357 g/mol. The number of hydrogen-bond donors (Lipinski definition) is 1. The lowest BCUT2D eigenvalue weighted by atomic mass is 9.87. The lowest BCUT2D eigenvalue weighted by Gasteiger charge is -2.18. The molecule has 1 N–H and O–H groups in total. The zero-order valence-electron chi connectivity index (χ0n) is 14.9. The summed E-state index contributed by atoms with van der Waals surface area (Å²) in [5.41, 5.74) is 2.40. The van der Waals surface area contributed by atoms with Crippen molar-refractivity contribution in [1.82, 2.24) is 5.32 Å². The van der Waals surface area contributed by atoms with Gasteiger partial charge in [0.2, 0.25) is 5.91 Å². The molecule has 132 valence electrons. The van der Waals surface area contributed by atoms with Gasteiger partial charge in [0, 0.05) is 11.1 Å². The molecule has 3 nitrogen and oxygen atoms in total. The third-order valence-corrected chi connectivity index (χ3v) is 3.94. The van der Waals surface area contributed by atoms with Crippen molar-refractivity contribution in [3.05, 3.63) is 70.8 Å². The maximum Gasteiger partial charge on any atom is 0.244 e. The van der Waals surface area contributed by atoms with Crippen LogP contribution in [0.5, 0.6) is 5.75 Å². The van der Waals surface area contributed by atoms with Crippen molar-refractivity contribution in [2.75, 3.05) is 13.2 Å². The predicted molar refractivity (Wildman–Crippen MR) is 104 cm³/mol. The van der Waals surface area contributed by atoms with Gasteiger partial charge in [0.1, 0.15) is 12.4 Å². The summed E-state index contributed by atoms with van der Waals surface area (Å²) in [4.78, 5) is 11.8. The Balaban J connectivity index is 1.74. The fourth-order valence-corrected chi connectivity index (χ4v) is 2.32. The Morgan fingerprint density at radius 2 is 1.72 bits per heavy atom. The lowest BCUT2D eigenvalue weighted by Crippen LogP contribution is -2.26. The van der Waals surface area contributed by atoms with Crippen molar-refractivity contribution in [2.24, 2.45) is 0 Å². The molecule has 0 aliphatic rings. The van der Waals surface area contributed by atoms with Crippen LogP contribution >= 0.6 is 11.6 Å². The van der Waals surface area contributed by atoms with Gasteiger partial charge in [0.15, 0.2) is 0 Å². The number of benzene rings is 2. The molecule has 25 heavy (non-hydrogen) atoms. The van der Waals surface area contributed by atoms with Gasteiger partial charge in [0.05, 0.1) is 6.54 Å². The van der Waals surface area contributed by atoms with Crippen molar-refractivity contribution in [3.63, 3.8) is 0 Å². The summed E-state index contributed by atoms with van der Waals surface area (Å²) in [7, 11) is 0. The second kappa shape index (κ2) is 8.72. The fourth-order valence-electron chi connectivity index (χ4n) is 2.20. The first-order chi connectivity index (χ1) is 11.8. The molecule has 0 bridgehead atoms. The first-order valence-electron chi connectivity index (χ1n) is 8.29. The van der Waals surface area contributed by atoms with Crippen molar-refractivity contribution in [2.45, 2.75) is 26.2 Å². The third kappa shape index (κ3) is 6.63. The van der Waals surface area contributed by atoms with Gasteiger partial charge in [-0.05, 0) is 46.9 Å². The minimum absolute atomic E-state index is 0.129. The SMILES string of the molecule is CC(C)(C)c1ccc(/C=C/C(=O)NCCOc2ccc(Cl)cc2)cc1. The molecule has 0 fully saturated rings. The van der Waals surface area contributed by atoms with Crippen molar-refractivity contribution >= 4 is 23.6 Å². The van der Waals surface area contributed by atoms with Crippen LogP contribution in [-0.4, -0.2) is 19.1 Å². The first-order valence-corrected chi connectivity index (χ1v) is 8.67. The molecule has 0 saturated carbocycles. The quantitative estimate of drug-likeness (QED) is 0.593. The van der Waals surface area contributed by atoms with E-state index in [-0.39, 0.29) is 11.3 Å². The summed E-state index contributed by atoms with van der Waals surface area (Å²) in [6.45, 7) is 7.38. The Morgan fingerprint density at radius 1 is 1.08 bits per heavy atom. The van der Waals surface area contributed by atoms with Gasteiger partial charge in [0.25, 0.3) is 0 Å². The fraction of sp³-hybridized carbons (Fsp3) is 0.286. The number of carbonyl (C=O) groups excluding carboxylic acids is 1. The number of hydrogen-bond acceptors (Lipinski definition) is 2. The van der Waals surface area contributed by atoms with Gasteiger partial charge in [-0.2, -0.15) is 0 Å². The van der Waals surface area contributed by atoms with Gasteiger partial charge in [-0.3, -0.25) is 4.79 Å². The first kappa shape index (κ1) is 19.1. The van der Waals surface area contributed by atoms with E-state index in [0.717, 1.165) is 11.3 Å². The van der Waals surface area contributed by atoms with E-state index in [1.54, 1.807) is 24.3 Å². The van der Waals surface area contributed by atoms with Crippen molar-refractivity contribution in [1.29, 1.82) is 0 Å². The van der Waals surface area contributed by atoms with E-state index >= 15 is 0 Å². The Morgan fingerprint density at radius 3 is 2.32 bits per heavy atom. The van der Waals surface area contributed by atoms with E-state index in [1.165, 1.54) is 11.6 Å². The predicted octanol–water partition coefficient (Wildman–Crippen LogP) is 4.85. The Hall–Kier alpha value is -2.26. The molecule has 0 heterocycles. The molecule has 2 aromatic carbocycles. The van der Waals surface area contributed by atoms with Crippen LogP contribution in [0.1, 0.15) is 31.9 Å². The average Bonchev–Trinajstić information content (AvgIpc) is 2.58. The highest BCUT2D eigenvalue weighted by Crippen LogP contribution is 2.22. The molecule has 1 amide bonds. The van der Waals surface area contributed by atoms with E-state index in [1.807, 2.05) is 18.2 Å². The van der Waals surface area contributed by atoms with E-state index in [9.17, 15) is 4.79 Å². The highest BCUT2D eigenvalue weighted by atomic mass is 35.5. The van der Waals surface area contributed by atoms with Crippen molar-refractivity contribution in [3.8, 4) is 5.75 Å². The molecular formula is C21H24ClNO2. The number of amides is 1. The lowest BCUT2D eigenvalue weighted by molar-refractivity contribution is -0.116. The number of carbonyl (C=O) groups is 1.